The fraction of sp³-hybridized carbons (Fsp3) is 0.611. The quantitative estimate of drug-likeness (QED) is 0.801. The summed E-state index contributed by atoms with van der Waals surface area (Å²) in [6, 6.07) is 8.76. The molecular weight excluding hydrogens is 342 g/mol. The van der Waals surface area contributed by atoms with Gasteiger partial charge in [-0.2, -0.15) is 0 Å². The van der Waals surface area contributed by atoms with Crippen molar-refractivity contribution < 1.29 is 9.53 Å². The lowest BCUT2D eigenvalue weighted by atomic mass is 9.88. The Morgan fingerprint density at radius 1 is 1.23 bits per heavy atom. The number of nitrogens with zero attached hydrogens (tertiary/aromatic N) is 1. The molecule has 0 radical (unpaired) electrons. The molecule has 2 saturated heterocycles. The number of piperidine rings is 1. The highest BCUT2D eigenvalue weighted by atomic mass is 79.9. The molecule has 0 bridgehead atoms. The van der Waals surface area contributed by atoms with Gasteiger partial charge in [0.15, 0.2) is 0 Å². The summed E-state index contributed by atoms with van der Waals surface area (Å²) in [5.41, 5.74) is 1.92. The van der Waals surface area contributed by atoms with Crippen molar-refractivity contribution in [3.63, 3.8) is 0 Å². The van der Waals surface area contributed by atoms with Gasteiger partial charge in [0.25, 0.3) is 5.91 Å². The maximum Gasteiger partial charge on any atom is 0.251 e. The predicted molar refractivity (Wildman–Crippen MR) is 88.7 cm³/mol. The van der Waals surface area contributed by atoms with Crippen LogP contribution in [0.3, 0.4) is 0 Å². The molecule has 4 heteroatoms. The van der Waals surface area contributed by atoms with E-state index < -0.39 is 0 Å². The molecular formula is C18H22BrNO2. The zero-order valence-corrected chi connectivity index (χ0v) is 14.3. The summed E-state index contributed by atoms with van der Waals surface area (Å²) in [6.07, 6.45) is 5.35. The van der Waals surface area contributed by atoms with Gasteiger partial charge in [-0.1, -0.05) is 28.1 Å². The molecule has 0 N–H and O–H groups in total. The van der Waals surface area contributed by atoms with Gasteiger partial charge in [-0.25, -0.2) is 0 Å². The maximum atomic E-state index is 12.4. The van der Waals surface area contributed by atoms with E-state index in [0.717, 1.165) is 49.9 Å². The third kappa shape index (κ3) is 2.61. The minimum Gasteiger partial charge on any atom is -0.368 e. The Hall–Kier alpha value is -0.870. The van der Waals surface area contributed by atoms with Crippen LogP contribution in [0.4, 0.5) is 0 Å². The van der Waals surface area contributed by atoms with Crippen molar-refractivity contribution in [2.45, 2.75) is 44.1 Å². The molecule has 3 fully saturated rings. The second-order valence-electron chi connectivity index (χ2n) is 7.00. The van der Waals surface area contributed by atoms with E-state index in [1.54, 1.807) is 0 Å². The standard InChI is InChI=1S/C18H22BrNO2/c19-14-5-3-13(4-6-14)15-12-18(15)7-9-20(10-8-18)17(21)16-2-1-11-22-16/h3-6,15-16H,1-2,7-12H2/t15-,16?/m0/s1. The Morgan fingerprint density at radius 2 is 1.95 bits per heavy atom. The largest absolute Gasteiger partial charge is 0.368 e. The van der Waals surface area contributed by atoms with Crippen molar-refractivity contribution in [2.24, 2.45) is 5.41 Å². The summed E-state index contributed by atoms with van der Waals surface area (Å²) in [6.45, 7) is 2.57. The maximum absolute atomic E-state index is 12.4. The van der Waals surface area contributed by atoms with Crippen LogP contribution in [0.5, 0.6) is 0 Å². The van der Waals surface area contributed by atoms with Gasteiger partial charge in [0.2, 0.25) is 0 Å². The summed E-state index contributed by atoms with van der Waals surface area (Å²) in [5, 5.41) is 0. The zero-order valence-electron chi connectivity index (χ0n) is 12.8. The van der Waals surface area contributed by atoms with Crippen molar-refractivity contribution in [3.8, 4) is 0 Å². The van der Waals surface area contributed by atoms with Gasteiger partial charge in [-0.15, -0.1) is 0 Å². The molecule has 3 nitrogen and oxygen atoms in total. The predicted octanol–water partition coefficient (Wildman–Crippen LogP) is 3.72. The molecule has 22 heavy (non-hydrogen) atoms. The van der Waals surface area contributed by atoms with Crippen molar-refractivity contribution in [2.75, 3.05) is 19.7 Å². The Morgan fingerprint density at radius 3 is 2.59 bits per heavy atom. The molecule has 1 aliphatic carbocycles. The van der Waals surface area contributed by atoms with Gasteiger partial charge in [0.05, 0.1) is 0 Å². The first kappa shape index (κ1) is 14.7. The van der Waals surface area contributed by atoms with Crippen molar-refractivity contribution in [1.29, 1.82) is 0 Å². The van der Waals surface area contributed by atoms with Crippen molar-refractivity contribution in [1.82, 2.24) is 4.90 Å². The number of likely N-dealkylation sites (tertiary alicyclic amines) is 1. The average Bonchev–Trinajstić information content (AvgIpc) is 2.99. The average molecular weight is 364 g/mol. The number of amides is 1. The molecule has 1 aromatic rings. The highest BCUT2D eigenvalue weighted by Crippen LogP contribution is 2.64. The van der Waals surface area contributed by atoms with Gasteiger partial charge in [0, 0.05) is 24.2 Å². The molecule has 1 unspecified atom stereocenters. The molecule has 4 rings (SSSR count). The van der Waals surface area contributed by atoms with E-state index in [0.29, 0.717) is 11.3 Å². The number of carbonyl (C=O) groups excluding carboxylic acids is 1. The van der Waals surface area contributed by atoms with Gasteiger partial charge in [-0.3, -0.25) is 4.79 Å². The Bertz CT molecular complexity index is 557. The number of halogens is 1. The normalized spacial score (nSPS) is 29.8. The second-order valence-corrected chi connectivity index (χ2v) is 7.91. The first-order chi connectivity index (χ1) is 10.7. The molecule has 118 valence electrons. The Kier molecular flexibility index (Phi) is 3.77. The topological polar surface area (TPSA) is 29.5 Å². The SMILES string of the molecule is O=C(C1CCCO1)N1CCC2(CC1)C[C@H]2c1ccc(Br)cc1. The molecule has 1 spiro atoms. The van der Waals surface area contributed by atoms with Crippen LogP contribution < -0.4 is 0 Å². The van der Waals surface area contributed by atoms with E-state index in [4.69, 9.17) is 4.74 Å². The van der Waals surface area contributed by atoms with Crippen LogP contribution in [0.2, 0.25) is 0 Å². The first-order valence-corrected chi connectivity index (χ1v) is 9.13. The molecule has 2 atom stereocenters. The zero-order chi connectivity index (χ0) is 15.2. The smallest absolute Gasteiger partial charge is 0.251 e. The summed E-state index contributed by atoms with van der Waals surface area (Å²) in [5.74, 6) is 0.925. The van der Waals surface area contributed by atoms with Crippen LogP contribution in [0.15, 0.2) is 28.7 Å². The van der Waals surface area contributed by atoms with Crippen LogP contribution in [0.1, 0.15) is 43.6 Å². The molecule has 3 aliphatic rings. The fourth-order valence-electron chi connectivity index (χ4n) is 4.22. The lowest BCUT2D eigenvalue weighted by Crippen LogP contribution is -2.44. The van der Waals surface area contributed by atoms with E-state index in [1.165, 1.54) is 12.0 Å². The monoisotopic (exact) mass is 363 g/mol. The number of carbonyl (C=O) groups is 1. The van der Waals surface area contributed by atoms with Gasteiger partial charge in [-0.05, 0) is 61.1 Å². The van der Waals surface area contributed by atoms with Crippen LogP contribution in [-0.2, 0) is 9.53 Å². The number of hydrogen-bond donors (Lipinski definition) is 0. The highest BCUT2D eigenvalue weighted by Gasteiger charge is 2.55. The summed E-state index contributed by atoms with van der Waals surface area (Å²) in [7, 11) is 0. The molecule has 1 aromatic carbocycles. The van der Waals surface area contributed by atoms with Gasteiger partial charge < -0.3 is 9.64 Å². The molecule has 1 saturated carbocycles. The summed E-state index contributed by atoms with van der Waals surface area (Å²) < 4.78 is 6.68. The molecule has 1 amide bonds. The number of ether oxygens (including phenoxy) is 1. The van der Waals surface area contributed by atoms with Gasteiger partial charge in [0.1, 0.15) is 6.10 Å². The van der Waals surface area contributed by atoms with E-state index in [1.807, 2.05) is 4.90 Å². The Labute approximate surface area is 140 Å². The van der Waals surface area contributed by atoms with Crippen molar-refractivity contribution >= 4 is 21.8 Å². The van der Waals surface area contributed by atoms with E-state index >= 15 is 0 Å². The van der Waals surface area contributed by atoms with Crippen LogP contribution in [0, 0.1) is 5.41 Å². The number of hydrogen-bond acceptors (Lipinski definition) is 2. The molecule has 2 heterocycles. The van der Waals surface area contributed by atoms with Crippen LogP contribution >= 0.6 is 15.9 Å². The van der Waals surface area contributed by atoms with Crippen LogP contribution in [-0.4, -0.2) is 36.6 Å². The molecule has 2 aliphatic heterocycles. The van der Waals surface area contributed by atoms with Crippen molar-refractivity contribution in [3.05, 3.63) is 34.3 Å². The first-order valence-electron chi connectivity index (χ1n) is 8.34. The third-order valence-corrected chi connectivity index (χ3v) is 6.27. The van der Waals surface area contributed by atoms with Gasteiger partial charge >= 0.3 is 0 Å². The lowest BCUT2D eigenvalue weighted by molar-refractivity contribution is -0.142. The minimum atomic E-state index is -0.157. The number of rotatable bonds is 2. The third-order valence-electron chi connectivity index (χ3n) is 5.74. The van der Waals surface area contributed by atoms with E-state index in [2.05, 4.69) is 40.2 Å². The Balaban J connectivity index is 1.36. The summed E-state index contributed by atoms with van der Waals surface area (Å²) in [4.78, 5) is 14.5. The second kappa shape index (κ2) is 5.64. The van der Waals surface area contributed by atoms with Crippen LogP contribution in [0.25, 0.3) is 0 Å². The molecule has 0 aromatic heterocycles. The van der Waals surface area contributed by atoms with E-state index in [9.17, 15) is 4.79 Å². The lowest BCUT2D eigenvalue weighted by Gasteiger charge is -2.34. The van der Waals surface area contributed by atoms with E-state index in [-0.39, 0.29) is 12.0 Å². The highest BCUT2D eigenvalue weighted by molar-refractivity contribution is 9.10. The number of benzene rings is 1. The summed E-state index contributed by atoms with van der Waals surface area (Å²) >= 11 is 3.50. The minimum absolute atomic E-state index is 0.157. The fourth-order valence-corrected chi connectivity index (χ4v) is 4.48.